The van der Waals surface area contributed by atoms with Gasteiger partial charge in [0.2, 0.25) is 0 Å². The van der Waals surface area contributed by atoms with Gasteiger partial charge in [-0.25, -0.2) is 9.37 Å². The number of alkyl halides is 3. The Morgan fingerprint density at radius 1 is 1.03 bits per heavy atom. The summed E-state index contributed by atoms with van der Waals surface area (Å²) in [7, 11) is 0. The Morgan fingerprint density at radius 3 is 2.37 bits per heavy atom. The Morgan fingerprint density at radius 2 is 1.73 bits per heavy atom. The summed E-state index contributed by atoms with van der Waals surface area (Å²) in [4.78, 5) is 16.2. The molecule has 0 aliphatic rings. The second-order valence-corrected chi connectivity index (χ2v) is 7.01. The number of anilines is 2. The molecule has 0 bridgehead atoms. The van der Waals surface area contributed by atoms with Gasteiger partial charge in [-0.2, -0.15) is 13.2 Å². The fourth-order valence-electron chi connectivity index (χ4n) is 2.55. The Kier molecular flexibility index (Phi) is 6.48. The smallest absolute Gasteiger partial charge is 0.348 e. The van der Waals surface area contributed by atoms with Gasteiger partial charge in [-0.1, -0.05) is 35.3 Å². The molecule has 3 aromatic rings. The number of halogens is 6. The third kappa shape index (κ3) is 5.40. The number of benzene rings is 2. The first kappa shape index (κ1) is 21.9. The number of aromatic nitrogens is 1. The first-order chi connectivity index (χ1) is 14.1. The van der Waals surface area contributed by atoms with Gasteiger partial charge >= 0.3 is 6.18 Å². The molecule has 0 saturated carbocycles. The SMILES string of the molecule is O=C(NCc1ccc(F)cc1)c1cnc(Nc2ccc(Cl)cc2Cl)cc1C(F)(F)F. The van der Waals surface area contributed by atoms with E-state index < -0.39 is 29.0 Å². The molecule has 10 heteroatoms. The standard InChI is InChI=1S/C20H13Cl2F4N3O/c21-12-3-6-17(16(22)7-12)29-18-8-15(20(24,25)26)14(10-27-18)19(30)28-9-11-1-4-13(23)5-2-11/h1-8,10H,9H2,(H,27,29)(H,28,30). The molecule has 0 atom stereocenters. The van der Waals surface area contributed by atoms with Gasteiger partial charge in [0.15, 0.2) is 0 Å². The minimum Gasteiger partial charge on any atom is -0.348 e. The van der Waals surface area contributed by atoms with Gasteiger partial charge < -0.3 is 10.6 Å². The van der Waals surface area contributed by atoms with Crippen molar-refractivity contribution in [3.63, 3.8) is 0 Å². The maximum Gasteiger partial charge on any atom is 0.417 e. The lowest BCUT2D eigenvalue weighted by atomic mass is 10.1. The number of nitrogens with one attached hydrogen (secondary N) is 2. The summed E-state index contributed by atoms with van der Waals surface area (Å²) in [6.45, 7) is -0.0726. The van der Waals surface area contributed by atoms with E-state index in [9.17, 15) is 22.4 Å². The highest BCUT2D eigenvalue weighted by molar-refractivity contribution is 6.36. The summed E-state index contributed by atoms with van der Waals surface area (Å²) in [6, 6.07) is 10.4. The Bertz CT molecular complexity index is 1070. The minimum atomic E-state index is -4.80. The molecule has 3 rings (SSSR count). The highest BCUT2D eigenvalue weighted by atomic mass is 35.5. The number of amides is 1. The number of rotatable bonds is 5. The van der Waals surface area contributed by atoms with Crippen molar-refractivity contribution in [2.24, 2.45) is 0 Å². The van der Waals surface area contributed by atoms with Crippen molar-refractivity contribution in [3.05, 3.63) is 87.3 Å². The summed E-state index contributed by atoms with van der Waals surface area (Å²) in [5.74, 6) is -1.57. The number of pyridine rings is 1. The summed E-state index contributed by atoms with van der Waals surface area (Å²) >= 11 is 11.8. The second kappa shape index (κ2) is 8.89. The average Bonchev–Trinajstić information content (AvgIpc) is 2.69. The molecule has 1 aromatic heterocycles. The van der Waals surface area contributed by atoms with Gasteiger partial charge in [0.05, 0.1) is 21.8 Å². The van der Waals surface area contributed by atoms with Crippen molar-refractivity contribution in [2.45, 2.75) is 12.7 Å². The fourth-order valence-corrected chi connectivity index (χ4v) is 3.00. The zero-order valence-electron chi connectivity index (χ0n) is 15.0. The third-order valence-corrected chi connectivity index (χ3v) is 4.56. The monoisotopic (exact) mass is 457 g/mol. The normalized spacial score (nSPS) is 11.3. The van der Waals surface area contributed by atoms with Crippen molar-refractivity contribution >= 4 is 40.6 Å². The van der Waals surface area contributed by atoms with Crippen molar-refractivity contribution < 1.29 is 22.4 Å². The molecule has 2 aromatic carbocycles. The van der Waals surface area contributed by atoms with Crippen LogP contribution in [0.3, 0.4) is 0 Å². The maximum absolute atomic E-state index is 13.5. The molecule has 0 spiro atoms. The van der Waals surface area contributed by atoms with E-state index in [1.807, 2.05) is 0 Å². The lowest BCUT2D eigenvalue weighted by molar-refractivity contribution is -0.137. The molecule has 1 heterocycles. The predicted molar refractivity (Wildman–Crippen MR) is 107 cm³/mol. The van der Waals surface area contributed by atoms with E-state index in [0.29, 0.717) is 16.3 Å². The number of carbonyl (C=O) groups is 1. The van der Waals surface area contributed by atoms with Crippen LogP contribution in [0.1, 0.15) is 21.5 Å². The minimum absolute atomic E-state index is 0.0726. The van der Waals surface area contributed by atoms with E-state index in [0.717, 1.165) is 12.3 Å². The van der Waals surface area contributed by atoms with Crippen LogP contribution < -0.4 is 10.6 Å². The van der Waals surface area contributed by atoms with Gasteiger partial charge in [-0.15, -0.1) is 0 Å². The van der Waals surface area contributed by atoms with E-state index >= 15 is 0 Å². The van der Waals surface area contributed by atoms with Gasteiger partial charge in [0, 0.05) is 17.8 Å². The summed E-state index contributed by atoms with van der Waals surface area (Å²) in [6.07, 6.45) is -3.97. The molecular formula is C20H13Cl2F4N3O. The van der Waals surface area contributed by atoms with E-state index in [1.165, 1.54) is 42.5 Å². The van der Waals surface area contributed by atoms with Crippen molar-refractivity contribution in [2.75, 3.05) is 5.32 Å². The van der Waals surface area contributed by atoms with Crippen molar-refractivity contribution in [1.82, 2.24) is 10.3 Å². The molecule has 0 fully saturated rings. The van der Waals surface area contributed by atoms with Crippen LogP contribution in [0.25, 0.3) is 0 Å². The number of hydrogen-bond acceptors (Lipinski definition) is 3. The van der Waals surface area contributed by atoms with Gasteiger partial charge in [0.1, 0.15) is 11.6 Å². The molecule has 156 valence electrons. The Labute approximate surface area is 178 Å². The lowest BCUT2D eigenvalue weighted by Crippen LogP contribution is -2.26. The molecule has 0 aliphatic heterocycles. The Balaban J connectivity index is 1.83. The van der Waals surface area contributed by atoms with Crippen molar-refractivity contribution in [1.29, 1.82) is 0 Å². The molecule has 0 saturated heterocycles. The molecule has 0 aliphatic carbocycles. The van der Waals surface area contributed by atoms with Gasteiger partial charge in [-0.3, -0.25) is 4.79 Å². The molecule has 30 heavy (non-hydrogen) atoms. The lowest BCUT2D eigenvalue weighted by Gasteiger charge is -2.15. The van der Waals surface area contributed by atoms with E-state index in [1.54, 1.807) is 0 Å². The van der Waals surface area contributed by atoms with E-state index in [2.05, 4.69) is 15.6 Å². The van der Waals surface area contributed by atoms with E-state index in [4.69, 9.17) is 23.2 Å². The second-order valence-electron chi connectivity index (χ2n) is 6.17. The van der Waals surface area contributed by atoms with Gasteiger partial charge in [0.25, 0.3) is 5.91 Å². The van der Waals surface area contributed by atoms with Crippen LogP contribution in [0.5, 0.6) is 0 Å². The summed E-state index contributed by atoms with van der Waals surface area (Å²) < 4.78 is 53.6. The Hall–Kier alpha value is -2.84. The van der Waals surface area contributed by atoms with Crippen LogP contribution in [-0.2, 0) is 12.7 Å². The third-order valence-electron chi connectivity index (χ3n) is 4.01. The predicted octanol–water partition coefficient (Wildman–Crippen LogP) is 6.22. The zero-order chi connectivity index (χ0) is 21.9. The van der Waals surface area contributed by atoms with Crippen LogP contribution in [-0.4, -0.2) is 10.9 Å². The molecule has 1 amide bonds. The number of hydrogen-bond donors (Lipinski definition) is 2. The highest BCUT2D eigenvalue weighted by Gasteiger charge is 2.36. The van der Waals surface area contributed by atoms with Crippen LogP contribution in [0, 0.1) is 5.82 Å². The van der Waals surface area contributed by atoms with Crippen LogP contribution in [0.15, 0.2) is 54.7 Å². The molecular weight excluding hydrogens is 445 g/mol. The fraction of sp³-hybridized carbons (Fsp3) is 0.100. The van der Waals surface area contributed by atoms with Crippen LogP contribution in [0.2, 0.25) is 10.0 Å². The van der Waals surface area contributed by atoms with Gasteiger partial charge in [-0.05, 0) is 42.0 Å². The zero-order valence-corrected chi connectivity index (χ0v) is 16.5. The largest absolute Gasteiger partial charge is 0.417 e. The summed E-state index contributed by atoms with van der Waals surface area (Å²) in [5, 5.41) is 5.60. The first-order valence-corrected chi connectivity index (χ1v) is 9.21. The molecule has 0 radical (unpaired) electrons. The first-order valence-electron chi connectivity index (χ1n) is 8.45. The number of nitrogens with zero attached hydrogens (tertiary/aromatic N) is 1. The van der Waals surface area contributed by atoms with Crippen molar-refractivity contribution in [3.8, 4) is 0 Å². The topological polar surface area (TPSA) is 54.0 Å². The highest BCUT2D eigenvalue weighted by Crippen LogP contribution is 2.34. The molecule has 2 N–H and O–H groups in total. The molecule has 0 unspecified atom stereocenters. The van der Waals surface area contributed by atoms with Crippen LogP contribution in [0.4, 0.5) is 29.1 Å². The average molecular weight is 458 g/mol. The quantitative estimate of drug-likeness (QED) is 0.447. The molecule has 4 nitrogen and oxygen atoms in total. The van der Waals surface area contributed by atoms with E-state index in [-0.39, 0.29) is 17.4 Å². The van der Waals surface area contributed by atoms with Crippen LogP contribution >= 0.6 is 23.2 Å². The number of carbonyl (C=O) groups excluding carboxylic acids is 1. The maximum atomic E-state index is 13.5. The summed E-state index contributed by atoms with van der Waals surface area (Å²) in [5.41, 5.74) is -0.976.